The molecule has 2 amide bonds. The smallest absolute Gasteiger partial charge is 0.384 e. The summed E-state index contributed by atoms with van der Waals surface area (Å²) in [5.74, 6) is -0.285. The van der Waals surface area contributed by atoms with Crippen LogP contribution in [0.25, 0.3) is 0 Å². The number of nitrogens with two attached hydrogens (primary N) is 1. The molecule has 2 aromatic rings. The van der Waals surface area contributed by atoms with Gasteiger partial charge in [-0.25, -0.2) is 4.79 Å². The molecule has 27 heavy (non-hydrogen) atoms. The molecule has 2 aromatic carbocycles. The number of amidine groups is 1. The maximum Gasteiger partial charge on any atom is 0.416 e. The number of rotatable bonds is 3. The van der Waals surface area contributed by atoms with E-state index in [-0.39, 0.29) is 23.2 Å². The van der Waals surface area contributed by atoms with Crippen LogP contribution in [0.2, 0.25) is 0 Å². The number of alkyl halides is 6. The molecule has 0 aliphatic rings. The molecule has 2 rings (SSSR count). The fraction of sp³-hybridized carbons (Fsp3) is 0.125. The Morgan fingerprint density at radius 1 is 0.852 bits per heavy atom. The monoisotopic (exact) mass is 390 g/mol. The number of halogens is 6. The van der Waals surface area contributed by atoms with Crippen molar-refractivity contribution in [3.05, 3.63) is 59.2 Å². The van der Waals surface area contributed by atoms with E-state index in [1.165, 1.54) is 24.3 Å². The summed E-state index contributed by atoms with van der Waals surface area (Å²) in [6, 6.07) is 5.32. The van der Waals surface area contributed by atoms with Gasteiger partial charge < -0.3 is 16.4 Å². The lowest BCUT2D eigenvalue weighted by Crippen LogP contribution is -2.21. The van der Waals surface area contributed by atoms with Crippen LogP contribution in [0.1, 0.15) is 16.7 Å². The van der Waals surface area contributed by atoms with Crippen LogP contribution in [0.5, 0.6) is 0 Å². The Kier molecular flexibility index (Phi) is 5.33. The van der Waals surface area contributed by atoms with E-state index in [1.807, 2.05) is 5.32 Å². The molecule has 0 atom stereocenters. The Labute approximate surface area is 148 Å². The summed E-state index contributed by atoms with van der Waals surface area (Å²) in [5.41, 5.74) is 1.92. The number of urea groups is 1. The average molecular weight is 390 g/mol. The zero-order valence-electron chi connectivity index (χ0n) is 13.3. The summed E-state index contributed by atoms with van der Waals surface area (Å²) >= 11 is 0. The first-order valence-electron chi connectivity index (χ1n) is 7.18. The van der Waals surface area contributed by atoms with Crippen molar-refractivity contribution in [1.29, 1.82) is 5.41 Å². The van der Waals surface area contributed by atoms with Crippen LogP contribution in [0.15, 0.2) is 42.5 Å². The van der Waals surface area contributed by atoms with Gasteiger partial charge in [0.05, 0.1) is 11.1 Å². The minimum Gasteiger partial charge on any atom is -0.384 e. The number of hydrogen-bond acceptors (Lipinski definition) is 2. The molecule has 0 fully saturated rings. The molecular weight excluding hydrogens is 378 g/mol. The first kappa shape index (κ1) is 20.1. The van der Waals surface area contributed by atoms with Crippen molar-refractivity contribution in [2.75, 3.05) is 10.6 Å². The summed E-state index contributed by atoms with van der Waals surface area (Å²) in [6.07, 6.45) is -10.0. The van der Waals surface area contributed by atoms with Gasteiger partial charge in [-0.15, -0.1) is 0 Å². The van der Waals surface area contributed by atoms with Crippen molar-refractivity contribution in [3.8, 4) is 0 Å². The number of hydrogen-bond donors (Lipinski definition) is 4. The molecule has 11 heteroatoms. The van der Waals surface area contributed by atoms with E-state index in [9.17, 15) is 31.1 Å². The van der Waals surface area contributed by atoms with Gasteiger partial charge in [0.25, 0.3) is 0 Å². The van der Waals surface area contributed by atoms with Gasteiger partial charge in [0, 0.05) is 16.9 Å². The molecule has 0 spiro atoms. The second-order valence-electron chi connectivity index (χ2n) is 5.37. The molecule has 0 aromatic heterocycles. The first-order valence-corrected chi connectivity index (χ1v) is 7.18. The predicted molar refractivity (Wildman–Crippen MR) is 86.5 cm³/mol. The van der Waals surface area contributed by atoms with E-state index < -0.39 is 35.2 Å². The number of amides is 2. The third-order valence-electron chi connectivity index (χ3n) is 3.28. The van der Waals surface area contributed by atoms with Gasteiger partial charge in [0.15, 0.2) is 0 Å². The van der Waals surface area contributed by atoms with Crippen LogP contribution in [0.4, 0.5) is 42.5 Å². The molecule has 0 saturated carbocycles. The van der Waals surface area contributed by atoms with Crippen LogP contribution in [-0.4, -0.2) is 11.9 Å². The molecular formula is C16H12F6N4O. The molecule has 0 bridgehead atoms. The van der Waals surface area contributed by atoms with Crippen molar-refractivity contribution in [2.24, 2.45) is 5.73 Å². The topological polar surface area (TPSA) is 91.0 Å². The fourth-order valence-electron chi connectivity index (χ4n) is 2.09. The molecule has 0 aliphatic heterocycles. The quantitative estimate of drug-likeness (QED) is 0.349. The Hall–Kier alpha value is -3.24. The van der Waals surface area contributed by atoms with E-state index in [1.54, 1.807) is 0 Å². The van der Waals surface area contributed by atoms with Crippen LogP contribution >= 0.6 is 0 Å². The Morgan fingerprint density at radius 2 is 1.37 bits per heavy atom. The molecule has 0 unspecified atom stereocenters. The molecule has 144 valence electrons. The highest BCUT2D eigenvalue weighted by atomic mass is 19.4. The van der Waals surface area contributed by atoms with E-state index in [4.69, 9.17) is 11.1 Å². The SMILES string of the molecule is N=C(N)c1cccc(NC(=O)Nc2cc(C(F)(F)F)cc(C(F)(F)F)c2)c1. The van der Waals surface area contributed by atoms with Gasteiger partial charge in [0.2, 0.25) is 0 Å². The number of carbonyl (C=O) groups excluding carboxylic acids is 1. The van der Waals surface area contributed by atoms with Gasteiger partial charge in [-0.1, -0.05) is 12.1 Å². The minimum absolute atomic E-state index is 0.0422. The summed E-state index contributed by atoms with van der Waals surface area (Å²) < 4.78 is 76.9. The van der Waals surface area contributed by atoms with Gasteiger partial charge in [-0.05, 0) is 30.3 Å². The van der Waals surface area contributed by atoms with Gasteiger partial charge in [-0.3, -0.25) is 5.41 Å². The third kappa shape index (κ3) is 5.36. The Morgan fingerprint density at radius 3 is 1.85 bits per heavy atom. The van der Waals surface area contributed by atoms with E-state index in [0.717, 1.165) is 0 Å². The van der Waals surface area contributed by atoms with Gasteiger partial charge >= 0.3 is 18.4 Å². The molecule has 0 saturated heterocycles. The second-order valence-corrected chi connectivity index (χ2v) is 5.37. The lowest BCUT2D eigenvalue weighted by molar-refractivity contribution is -0.143. The summed E-state index contributed by atoms with van der Waals surface area (Å²) in [6.45, 7) is 0. The standard InChI is InChI=1S/C16H12F6N4O/c17-15(18,19)9-5-10(16(20,21)22)7-12(6-9)26-14(27)25-11-3-1-2-8(4-11)13(23)24/h1-7H,(H3,23,24)(H2,25,26,27). The molecule has 0 aliphatic carbocycles. The highest BCUT2D eigenvalue weighted by Gasteiger charge is 2.37. The number of nitrogens with one attached hydrogen (secondary N) is 3. The Bertz CT molecular complexity index is 844. The van der Waals surface area contributed by atoms with Crippen molar-refractivity contribution in [1.82, 2.24) is 0 Å². The number of anilines is 2. The van der Waals surface area contributed by atoms with E-state index in [2.05, 4.69) is 5.32 Å². The van der Waals surface area contributed by atoms with Crippen molar-refractivity contribution in [2.45, 2.75) is 12.4 Å². The third-order valence-corrected chi connectivity index (χ3v) is 3.28. The van der Waals surface area contributed by atoms with E-state index in [0.29, 0.717) is 12.1 Å². The fourth-order valence-corrected chi connectivity index (χ4v) is 2.09. The number of carbonyl (C=O) groups is 1. The number of nitrogen functional groups attached to an aromatic ring is 1. The lowest BCUT2D eigenvalue weighted by Gasteiger charge is -2.15. The molecule has 5 N–H and O–H groups in total. The largest absolute Gasteiger partial charge is 0.416 e. The van der Waals surface area contributed by atoms with E-state index >= 15 is 0 Å². The second kappa shape index (κ2) is 7.17. The van der Waals surface area contributed by atoms with Crippen LogP contribution in [0.3, 0.4) is 0 Å². The molecule has 0 radical (unpaired) electrons. The molecule has 0 heterocycles. The maximum atomic E-state index is 12.8. The highest BCUT2D eigenvalue weighted by Crippen LogP contribution is 2.37. The van der Waals surface area contributed by atoms with Crippen LogP contribution in [-0.2, 0) is 12.4 Å². The first-order chi connectivity index (χ1) is 12.4. The predicted octanol–water partition coefficient (Wildman–Crippen LogP) is 4.65. The summed E-state index contributed by atoms with van der Waals surface area (Å²) in [7, 11) is 0. The minimum atomic E-state index is -5.02. The van der Waals surface area contributed by atoms with Gasteiger partial charge in [0.1, 0.15) is 5.84 Å². The van der Waals surface area contributed by atoms with Crippen molar-refractivity contribution >= 4 is 23.2 Å². The zero-order valence-corrected chi connectivity index (χ0v) is 13.3. The normalized spacial score (nSPS) is 11.8. The maximum absolute atomic E-state index is 12.8. The van der Waals surface area contributed by atoms with Crippen molar-refractivity contribution in [3.63, 3.8) is 0 Å². The Balaban J connectivity index is 2.26. The summed E-state index contributed by atoms with van der Waals surface area (Å²) in [5, 5.41) is 11.5. The molecule has 5 nitrogen and oxygen atoms in total. The van der Waals surface area contributed by atoms with Crippen molar-refractivity contribution < 1.29 is 31.1 Å². The average Bonchev–Trinajstić information content (AvgIpc) is 2.53. The zero-order chi connectivity index (χ0) is 20.4. The number of benzene rings is 2. The van der Waals surface area contributed by atoms with Gasteiger partial charge in [-0.2, -0.15) is 26.3 Å². The highest BCUT2D eigenvalue weighted by molar-refractivity contribution is 6.01. The summed E-state index contributed by atoms with van der Waals surface area (Å²) in [4.78, 5) is 11.9. The lowest BCUT2D eigenvalue weighted by atomic mass is 10.1. The van der Waals surface area contributed by atoms with Crippen LogP contribution < -0.4 is 16.4 Å². The van der Waals surface area contributed by atoms with Crippen LogP contribution in [0, 0.1) is 5.41 Å².